The van der Waals surface area contributed by atoms with E-state index in [2.05, 4.69) is 5.16 Å². The summed E-state index contributed by atoms with van der Waals surface area (Å²) in [6.45, 7) is 1.89. The Hall–Kier alpha value is -2.23. The highest BCUT2D eigenvalue weighted by molar-refractivity contribution is 6.13. The summed E-state index contributed by atoms with van der Waals surface area (Å²) in [5.74, 6) is 0.828. The van der Waals surface area contributed by atoms with Gasteiger partial charge in [-0.25, -0.2) is 0 Å². The van der Waals surface area contributed by atoms with Crippen LogP contribution in [0, 0.1) is 0 Å². The Balaban J connectivity index is 2.84. The minimum Gasteiger partial charge on any atom is -0.507 e. The average molecular weight is 245 g/mol. The molecule has 0 aromatic heterocycles. The molecule has 0 saturated carbocycles. The standard InChI is InChI=1S/C14H15NO3/c1-3-11(15-17)9-7-8-13(18-2)10-5-4-6-12(16)14(9)10/h4-8,16-17H,3H2,1-2H3/b15-11-. The summed E-state index contributed by atoms with van der Waals surface area (Å²) in [5, 5.41) is 23.8. The molecule has 2 rings (SSSR count). The molecule has 18 heavy (non-hydrogen) atoms. The van der Waals surface area contributed by atoms with E-state index in [0.29, 0.717) is 28.8 Å². The number of nitrogens with zero attached hydrogens (tertiary/aromatic N) is 1. The number of methoxy groups -OCH3 is 1. The van der Waals surface area contributed by atoms with Gasteiger partial charge in [-0.1, -0.05) is 24.2 Å². The van der Waals surface area contributed by atoms with E-state index in [1.807, 2.05) is 13.0 Å². The molecule has 2 aromatic rings. The quantitative estimate of drug-likeness (QED) is 0.496. The van der Waals surface area contributed by atoms with Crippen LogP contribution in [0.2, 0.25) is 0 Å². The lowest BCUT2D eigenvalue weighted by Gasteiger charge is -2.11. The number of hydrogen-bond acceptors (Lipinski definition) is 4. The molecule has 0 saturated heterocycles. The van der Waals surface area contributed by atoms with Crippen LogP contribution in [-0.4, -0.2) is 23.1 Å². The maximum atomic E-state index is 10.0. The number of aromatic hydroxyl groups is 1. The number of ether oxygens (including phenoxy) is 1. The third-order valence-corrected chi connectivity index (χ3v) is 2.97. The number of phenolic OH excluding ortho intramolecular Hbond substituents is 1. The summed E-state index contributed by atoms with van der Waals surface area (Å²) in [7, 11) is 1.58. The molecule has 0 atom stereocenters. The van der Waals surface area contributed by atoms with Crippen LogP contribution in [0.15, 0.2) is 35.5 Å². The monoisotopic (exact) mass is 245 g/mol. The van der Waals surface area contributed by atoms with E-state index in [9.17, 15) is 5.11 Å². The van der Waals surface area contributed by atoms with Crippen molar-refractivity contribution in [3.05, 3.63) is 35.9 Å². The van der Waals surface area contributed by atoms with Crippen LogP contribution in [-0.2, 0) is 0 Å². The fourth-order valence-corrected chi connectivity index (χ4v) is 2.09. The van der Waals surface area contributed by atoms with Crippen molar-refractivity contribution < 1.29 is 15.1 Å². The van der Waals surface area contributed by atoms with Gasteiger partial charge in [0.1, 0.15) is 11.5 Å². The van der Waals surface area contributed by atoms with Gasteiger partial charge < -0.3 is 15.1 Å². The molecule has 0 heterocycles. The van der Waals surface area contributed by atoms with Gasteiger partial charge in [0.05, 0.1) is 12.8 Å². The Morgan fingerprint density at radius 1 is 1.28 bits per heavy atom. The van der Waals surface area contributed by atoms with Crippen molar-refractivity contribution in [2.24, 2.45) is 5.16 Å². The van der Waals surface area contributed by atoms with Crippen LogP contribution in [0.5, 0.6) is 11.5 Å². The first kappa shape index (κ1) is 12.2. The van der Waals surface area contributed by atoms with Gasteiger partial charge in [0.15, 0.2) is 0 Å². The van der Waals surface area contributed by atoms with Gasteiger partial charge in [0.2, 0.25) is 0 Å². The predicted octanol–water partition coefficient (Wildman–Crippen LogP) is 3.14. The summed E-state index contributed by atoms with van der Waals surface area (Å²) in [6, 6.07) is 8.82. The highest BCUT2D eigenvalue weighted by Gasteiger charge is 2.13. The van der Waals surface area contributed by atoms with Crippen LogP contribution in [0.25, 0.3) is 10.8 Å². The van der Waals surface area contributed by atoms with Gasteiger partial charge in [-0.15, -0.1) is 0 Å². The van der Waals surface area contributed by atoms with E-state index < -0.39 is 0 Å². The van der Waals surface area contributed by atoms with Crippen LogP contribution >= 0.6 is 0 Å². The zero-order valence-electron chi connectivity index (χ0n) is 10.3. The van der Waals surface area contributed by atoms with Gasteiger partial charge in [-0.2, -0.15) is 0 Å². The van der Waals surface area contributed by atoms with Gasteiger partial charge in [-0.05, 0) is 24.6 Å². The summed E-state index contributed by atoms with van der Waals surface area (Å²) in [6.07, 6.45) is 0.576. The fraction of sp³-hybridized carbons (Fsp3) is 0.214. The van der Waals surface area contributed by atoms with Crippen molar-refractivity contribution in [1.82, 2.24) is 0 Å². The maximum absolute atomic E-state index is 10.0. The van der Waals surface area contributed by atoms with Crippen molar-refractivity contribution in [3.63, 3.8) is 0 Å². The van der Waals surface area contributed by atoms with Crippen LogP contribution in [0.1, 0.15) is 18.9 Å². The Kier molecular flexibility index (Phi) is 3.37. The highest BCUT2D eigenvalue weighted by Crippen LogP contribution is 2.34. The molecular formula is C14H15NO3. The Labute approximate surface area is 105 Å². The van der Waals surface area contributed by atoms with Crippen molar-refractivity contribution in [2.75, 3.05) is 7.11 Å². The van der Waals surface area contributed by atoms with Crippen molar-refractivity contribution >= 4 is 16.5 Å². The molecule has 0 fully saturated rings. The first-order chi connectivity index (χ1) is 8.72. The van der Waals surface area contributed by atoms with Crippen LogP contribution in [0.3, 0.4) is 0 Å². The third kappa shape index (κ3) is 1.86. The van der Waals surface area contributed by atoms with Crippen molar-refractivity contribution in [2.45, 2.75) is 13.3 Å². The predicted molar refractivity (Wildman–Crippen MR) is 70.8 cm³/mol. The number of phenols is 1. The first-order valence-electron chi connectivity index (χ1n) is 5.72. The molecule has 94 valence electrons. The lowest BCUT2D eigenvalue weighted by Crippen LogP contribution is -2.01. The maximum Gasteiger partial charge on any atom is 0.126 e. The molecule has 0 aliphatic carbocycles. The summed E-state index contributed by atoms with van der Waals surface area (Å²) >= 11 is 0. The van der Waals surface area contributed by atoms with E-state index in [1.54, 1.807) is 31.4 Å². The van der Waals surface area contributed by atoms with E-state index >= 15 is 0 Å². The molecule has 0 unspecified atom stereocenters. The zero-order chi connectivity index (χ0) is 13.1. The van der Waals surface area contributed by atoms with Crippen LogP contribution in [0.4, 0.5) is 0 Å². The molecule has 4 nitrogen and oxygen atoms in total. The number of hydrogen-bond donors (Lipinski definition) is 2. The molecule has 0 spiro atoms. The molecule has 2 N–H and O–H groups in total. The second-order valence-electron chi connectivity index (χ2n) is 3.92. The molecule has 0 bridgehead atoms. The smallest absolute Gasteiger partial charge is 0.126 e. The third-order valence-electron chi connectivity index (χ3n) is 2.97. The fourth-order valence-electron chi connectivity index (χ4n) is 2.09. The van der Waals surface area contributed by atoms with Gasteiger partial charge in [0.25, 0.3) is 0 Å². The van der Waals surface area contributed by atoms with Gasteiger partial charge in [0, 0.05) is 16.3 Å². The lowest BCUT2D eigenvalue weighted by molar-refractivity contribution is 0.318. The normalized spacial score (nSPS) is 11.8. The zero-order valence-corrected chi connectivity index (χ0v) is 10.3. The van der Waals surface area contributed by atoms with E-state index in [4.69, 9.17) is 9.94 Å². The van der Waals surface area contributed by atoms with E-state index in [-0.39, 0.29) is 5.75 Å². The van der Waals surface area contributed by atoms with E-state index in [1.165, 1.54) is 0 Å². The van der Waals surface area contributed by atoms with Gasteiger partial charge >= 0.3 is 0 Å². The average Bonchev–Trinajstić information content (AvgIpc) is 2.40. The Morgan fingerprint density at radius 2 is 2.06 bits per heavy atom. The van der Waals surface area contributed by atoms with Crippen molar-refractivity contribution in [1.29, 1.82) is 0 Å². The molecule has 2 aromatic carbocycles. The minimum absolute atomic E-state index is 0.149. The summed E-state index contributed by atoms with van der Waals surface area (Å²) < 4.78 is 5.27. The minimum atomic E-state index is 0.149. The number of benzene rings is 2. The lowest BCUT2D eigenvalue weighted by atomic mass is 9.98. The van der Waals surface area contributed by atoms with Crippen molar-refractivity contribution in [3.8, 4) is 11.5 Å². The van der Waals surface area contributed by atoms with E-state index in [0.717, 1.165) is 5.39 Å². The molecule has 0 radical (unpaired) electrons. The number of rotatable bonds is 3. The topological polar surface area (TPSA) is 62.1 Å². The molecule has 0 amide bonds. The largest absolute Gasteiger partial charge is 0.507 e. The first-order valence-corrected chi connectivity index (χ1v) is 5.72. The molecule has 0 aliphatic heterocycles. The summed E-state index contributed by atoms with van der Waals surface area (Å²) in [4.78, 5) is 0. The SMILES string of the molecule is CC/C(=N/O)c1ccc(OC)c2cccc(O)c12. The number of fused-ring (bicyclic) bond motifs is 1. The van der Waals surface area contributed by atoms with Crippen LogP contribution < -0.4 is 4.74 Å². The van der Waals surface area contributed by atoms with Gasteiger partial charge in [-0.3, -0.25) is 0 Å². The second-order valence-corrected chi connectivity index (χ2v) is 3.92. The second kappa shape index (κ2) is 4.96. The highest BCUT2D eigenvalue weighted by atomic mass is 16.5. The Bertz CT molecular complexity index is 605. The number of oxime groups is 1. The molecular weight excluding hydrogens is 230 g/mol. The Morgan fingerprint density at radius 3 is 2.67 bits per heavy atom. The molecule has 0 aliphatic rings. The summed E-state index contributed by atoms with van der Waals surface area (Å²) in [5.41, 5.74) is 1.25. The molecule has 4 heteroatoms.